The van der Waals surface area contributed by atoms with E-state index >= 15 is 0 Å². The van der Waals surface area contributed by atoms with Crippen molar-refractivity contribution in [2.24, 2.45) is 0 Å². The molecule has 16 heavy (non-hydrogen) atoms. The van der Waals surface area contributed by atoms with Gasteiger partial charge in [-0.05, 0) is 6.07 Å². The largest absolute Gasteiger partial charge is 0.355 e. The van der Waals surface area contributed by atoms with Gasteiger partial charge in [0.25, 0.3) is 0 Å². The molecule has 0 saturated heterocycles. The molecule has 0 saturated carbocycles. The quantitative estimate of drug-likeness (QED) is 0.732. The summed E-state index contributed by atoms with van der Waals surface area (Å²) in [4.78, 5) is 14.1. The molecule has 84 valence electrons. The van der Waals surface area contributed by atoms with Crippen LogP contribution in [0.5, 0.6) is 0 Å². The molecular weight excluding hydrogens is 205 g/mol. The van der Waals surface area contributed by atoms with Crippen molar-refractivity contribution < 1.29 is 9.18 Å². The van der Waals surface area contributed by atoms with Crippen LogP contribution in [0.25, 0.3) is 10.9 Å². The summed E-state index contributed by atoms with van der Waals surface area (Å²) in [6, 6.07) is 4.76. The number of aromatic amines is 1. The molecule has 0 aliphatic rings. The molecule has 3 heteroatoms. The van der Waals surface area contributed by atoms with Gasteiger partial charge in [0.05, 0.1) is 5.52 Å². The SMILES string of the molecule is CC(C)(C)c1[nH]c2c(F)cccc2c1C=O. The third-order valence-corrected chi connectivity index (χ3v) is 2.69. The molecule has 0 aliphatic carbocycles. The number of carbonyl (C=O) groups excluding carboxylic acids is 1. The number of hydrogen-bond acceptors (Lipinski definition) is 1. The summed E-state index contributed by atoms with van der Waals surface area (Å²) >= 11 is 0. The molecule has 2 nitrogen and oxygen atoms in total. The summed E-state index contributed by atoms with van der Waals surface area (Å²) in [5, 5.41) is 0.653. The van der Waals surface area contributed by atoms with Crippen LogP contribution in [0.1, 0.15) is 36.8 Å². The fraction of sp³-hybridized carbons (Fsp3) is 0.308. The summed E-state index contributed by atoms with van der Waals surface area (Å²) < 4.78 is 13.6. The van der Waals surface area contributed by atoms with E-state index in [9.17, 15) is 9.18 Å². The zero-order chi connectivity index (χ0) is 11.9. The minimum atomic E-state index is -0.323. The first-order chi connectivity index (χ1) is 7.45. The number of fused-ring (bicyclic) bond motifs is 1. The van der Waals surface area contributed by atoms with Gasteiger partial charge in [-0.2, -0.15) is 0 Å². The van der Waals surface area contributed by atoms with E-state index < -0.39 is 0 Å². The normalized spacial score (nSPS) is 12.0. The van der Waals surface area contributed by atoms with Gasteiger partial charge in [0.15, 0.2) is 6.29 Å². The van der Waals surface area contributed by atoms with E-state index in [1.165, 1.54) is 6.07 Å². The molecule has 0 spiro atoms. The van der Waals surface area contributed by atoms with E-state index in [0.717, 1.165) is 12.0 Å². The first-order valence-electron chi connectivity index (χ1n) is 5.21. The molecule has 0 amide bonds. The maximum Gasteiger partial charge on any atom is 0.152 e. The van der Waals surface area contributed by atoms with Crippen LogP contribution in [-0.4, -0.2) is 11.3 Å². The zero-order valence-electron chi connectivity index (χ0n) is 9.60. The Hall–Kier alpha value is -1.64. The molecule has 0 atom stereocenters. The summed E-state index contributed by atoms with van der Waals surface area (Å²) in [5.41, 5.74) is 1.54. The van der Waals surface area contributed by atoms with Crippen molar-refractivity contribution in [3.05, 3.63) is 35.3 Å². The van der Waals surface area contributed by atoms with E-state index in [1.54, 1.807) is 12.1 Å². The first-order valence-corrected chi connectivity index (χ1v) is 5.21. The smallest absolute Gasteiger partial charge is 0.152 e. The molecule has 0 radical (unpaired) electrons. The van der Waals surface area contributed by atoms with Crippen molar-refractivity contribution in [1.82, 2.24) is 4.98 Å². The highest BCUT2D eigenvalue weighted by atomic mass is 19.1. The number of benzene rings is 1. The summed E-state index contributed by atoms with van der Waals surface area (Å²) in [7, 11) is 0. The standard InChI is InChI=1S/C13H14FNO/c1-13(2,3)12-9(7-16)8-5-4-6-10(14)11(8)15-12/h4-7,15H,1-3H3. The van der Waals surface area contributed by atoms with Gasteiger partial charge in [0.2, 0.25) is 0 Å². The second-order valence-corrected chi connectivity index (χ2v) is 4.94. The molecule has 0 aliphatic heterocycles. The van der Waals surface area contributed by atoms with Gasteiger partial charge in [-0.25, -0.2) is 4.39 Å². The summed E-state index contributed by atoms with van der Waals surface area (Å²) in [6.45, 7) is 5.97. The van der Waals surface area contributed by atoms with E-state index in [0.29, 0.717) is 16.5 Å². The van der Waals surface area contributed by atoms with Crippen LogP contribution in [0.2, 0.25) is 0 Å². The molecule has 0 bridgehead atoms. The number of para-hydroxylation sites is 1. The van der Waals surface area contributed by atoms with Gasteiger partial charge in [-0.15, -0.1) is 0 Å². The summed E-state index contributed by atoms with van der Waals surface area (Å²) in [5.74, 6) is -0.323. The Morgan fingerprint density at radius 2 is 2.00 bits per heavy atom. The Kier molecular flexibility index (Phi) is 2.34. The van der Waals surface area contributed by atoms with Crippen LogP contribution in [0.3, 0.4) is 0 Å². The average Bonchev–Trinajstić information content (AvgIpc) is 2.57. The highest BCUT2D eigenvalue weighted by Crippen LogP contribution is 2.31. The van der Waals surface area contributed by atoms with Crippen molar-refractivity contribution in [1.29, 1.82) is 0 Å². The predicted octanol–water partition coefficient (Wildman–Crippen LogP) is 3.42. The van der Waals surface area contributed by atoms with E-state index in [-0.39, 0.29) is 11.2 Å². The van der Waals surface area contributed by atoms with Gasteiger partial charge < -0.3 is 4.98 Å². The summed E-state index contributed by atoms with van der Waals surface area (Å²) in [6.07, 6.45) is 0.791. The fourth-order valence-electron chi connectivity index (χ4n) is 1.92. The van der Waals surface area contributed by atoms with Crippen LogP contribution in [0.4, 0.5) is 4.39 Å². The number of hydrogen-bond donors (Lipinski definition) is 1. The van der Waals surface area contributed by atoms with Gasteiger partial charge in [0, 0.05) is 22.1 Å². The Morgan fingerprint density at radius 3 is 2.56 bits per heavy atom. The van der Waals surface area contributed by atoms with Crippen molar-refractivity contribution in [2.75, 3.05) is 0 Å². The second-order valence-electron chi connectivity index (χ2n) is 4.94. The lowest BCUT2D eigenvalue weighted by Crippen LogP contribution is -2.13. The molecule has 1 heterocycles. The Bertz CT molecular complexity index is 549. The average molecular weight is 219 g/mol. The lowest BCUT2D eigenvalue weighted by Gasteiger charge is -2.17. The predicted molar refractivity (Wildman–Crippen MR) is 62.3 cm³/mol. The lowest BCUT2D eigenvalue weighted by atomic mass is 9.89. The highest BCUT2D eigenvalue weighted by Gasteiger charge is 2.23. The molecule has 2 rings (SSSR count). The third kappa shape index (κ3) is 1.52. The maximum atomic E-state index is 13.6. The maximum absolute atomic E-state index is 13.6. The highest BCUT2D eigenvalue weighted by molar-refractivity contribution is 5.99. The number of H-pyrrole nitrogens is 1. The monoisotopic (exact) mass is 219 g/mol. The van der Waals surface area contributed by atoms with Crippen molar-refractivity contribution in [3.8, 4) is 0 Å². The van der Waals surface area contributed by atoms with Crippen LogP contribution in [0, 0.1) is 5.82 Å². The molecule has 0 fully saturated rings. The van der Waals surface area contributed by atoms with Crippen molar-refractivity contribution in [3.63, 3.8) is 0 Å². The lowest BCUT2D eigenvalue weighted by molar-refractivity contribution is 0.112. The van der Waals surface area contributed by atoms with E-state index in [2.05, 4.69) is 4.98 Å². The molecule has 0 unspecified atom stereocenters. The fourth-order valence-corrected chi connectivity index (χ4v) is 1.92. The minimum Gasteiger partial charge on any atom is -0.355 e. The van der Waals surface area contributed by atoms with Crippen LogP contribution >= 0.6 is 0 Å². The number of rotatable bonds is 1. The first kappa shape index (κ1) is 10.9. The molecular formula is C13H14FNO. The molecule has 2 aromatic rings. The van der Waals surface area contributed by atoms with Crippen LogP contribution in [0.15, 0.2) is 18.2 Å². The molecule has 1 aromatic carbocycles. The number of aldehydes is 1. The number of nitrogens with one attached hydrogen (secondary N) is 1. The van der Waals surface area contributed by atoms with E-state index in [4.69, 9.17) is 0 Å². The molecule has 1 aromatic heterocycles. The van der Waals surface area contributed by atoms with Crippen LogP contribution < -0.4 is 0 Å². The third-order valence-electron chi connectivity index (χ3n) is 2.69. The van der Waals surface area contributed by atoms with Crippen molar-refractivity contribution >= 4 is 17.2 Å². The number of halogens is 1. The molecule has 1 N–H and O–H groups in total. The van der Waals surface area contributed by atoms with Crippen molar-refractivity contribution in [2.45, 2.75) is 26.2 Å². The Morgan fingerprint density at radius 1 is 1.31 bits per heavy atom. The second kappa shape index (κ2) is 3.44. The van der Waals surface area contributed by atoms with E-state index in [1.807, 2.05) is 20.8 Å². The van der Waals surface area contributed by atoms with Gasteiger partial charge in [0.1, 0.15) is 5.82 Å². The Balaban J connectivity index is 2.87. The number of aromatic nitrogens is 1. The Labute approximate surface area is 93.5 Å². The van der Waals surface area contributed by atoms with Crippen LogP contribution in [-0.2, 0) is 5.41 Å². The topological polar surface area (TPSA) is 32.9 Å². The van der Waals surface area contributed by atoms with Gasteiger partial charge in [-0.1, -0.05) is 32.9 Å². The number of carbonyl (C=O) groups is 1. The van der Waals surface area contributed by atoms with Gasteiger partial charge >= 0.3 is 0 Å². The minimum absolute atomic E-state index is 0.207. The van der Waals surface area contributed by atoms with Gasteiger partial charge in [-0.3, -0.25) is 4.79 Å². The zero-order valence-corrected chi connectivity index (χ0v) is 9.60.